The topological polar surface area (TPSA) is 222 Å². The van der Waals surface area contributed by atoms with Gasteiger partial charge in [0.05, 0.1) is 40.1 Å². The van der Waals surface area contributed by atoms with E-state index in [9.17, 15) is 27.4 Å². The van der Waals surface area contributed by atoms with Crippen LogP contribution in [0.25, 0.3) is 0 Å². The summed E-state index contributed by atoms with van der Waals surface area (Å²) in [6.45, 7) is 19.4. The molecule has 0 saturated carbocycles. The van der Waals surface area contributed by atoms with E-state index in [2.05, 4.69) is 49.1 Å². The van der Waals surface area contributed by atoms with Crippen molar-refractivity contribution in [2.45, 2.75) is 142 Å². The third kappa shape index (κ3) is 18.8. The summed E-state index contributed by atoms with van der Waals surface area (Å²) >= 11 is 0. The molecule has 5 aromatic carbocycles. The van der Waals surface area contributed by atoms with Gasteiger partial charge in [-0.3, -0.25) is 18.9 Å². The molecule has 0 aliphatic carbocycles. The second-order valence-electron chi connectivity index (χ2n) is 21.5. The van der Waals surface area contributed by atoms with Gasteiger partial charge in [-0.1, -0.05) is 92.6 Å². The first-order valence-electron chi connectivity index (χ1n) is 29.8. The number of fused-ring (bicyclic) bond motifs is 8. The Morgan fingerprint density at radius 3 is 1.75 bits per heavy atom. The molecule has 3 atom stereocenters. The molecular formula is C65H85N3O15S4. The standard InChI is InChI=1S/C61H73N3O12S3.2C2H6.O3S/c1-7-54(65)58(79(68,69)70)20-27-77-78-61(3,4)39-62(21-22-73-25-26-74-24-23-71-5)49-30-41(37-75-55-34-43-16-18-47-32-45-12-8-10-14-52(45)63(47)59(66)50(43)28-40(55)2)29-42(31-49)38-76-57-35-44-17-19-48-33-46-13-9-11-15-53(46)64(48)60(67)51(44)36-56(57)72-6;2*1-2;1-4(2)3/h8-15,28-31,34-36,47-48,58H,7,16-27,32-33,37-39H2,1-6H3,(H,68,69,70);2*1-2H3;/t47-,48-,58?;;;/m1.../s1. The largest absolute Gasteiger partial charge is 0.493 e. The highest BCUT2D eigenvalue weighted by atomic mass is 33.1. The van der Waals surface area contributed by atoms with Gasteiger partial charge >= 0.3 is 10.6 Å². The molecule has 0 saturated heterocycles. The summed E-state index contributed by atoms with van der Waals surface area (Å²) in [6, 6.07) is 30.6. The van der Waals surface area contributed by atoms with Crippen molar-refractivity contribution in [2.24, 2.45) is 0 Å². The molecule has 0 fully saturated rings. The van der Waals surface area contributed by atoms with Crippen molar-refractivity contribution >= 4 is 77.0 Å². The normalized spacial score (nSPS) is 15.8. The monoisotopic (exact) mass is 1280 g/mol. The van der Waals surface area contributed by atoms with E-state index < -0.39 is 36.5 Å². The van der Waals surface area contributed by atoms with Crippen LogP contribution in [0.4, 0.5) is 17.1 Å². The van der Waals surface area contributed by atoms with Crippen LogP contribution in [-0.2, 0) is 78.6 Å². The first-order valence-corrected chi connectivity index (χ1v) is 34.6. The highest BCUT2D eigenvalue weighted by Crippen LogP contribution is 2.43. The molecular weight excluding hydrogens is 1190 g/mol. The number of aryl methyl sites for hydroxylation is 3. The van der Waals surface area contributed by atoms with Gasteiger partial charge in [-0.15, -0.1) is 12.6 Å². The number of Topliss-reactive ketones (excluding diaryl/α,β-unsaturated/α-hetero) is 1. The Kier molecular flexibility index (Phi) is 27.0. The third-order valence-corrected chi connectivity index (χ3v) is 19.7. The molecule has 1 unspecified atom stereocenters. The fraction of sp³-hybridized carbons (Fsp3) is 0.492. The number of methoxy groups -OCH3 is 2. The lowest BCUT2D eigenvalue weighted by Gasteiger charge is -2.34. The summed E-state index contributed by atoms with van der Waals surface area (Å²) in [4.78, 5) is 47.3. The molecule has 0 aromatic heterocycles. The number of ether oxygens (including phenoxy) is 6. The van der Waals surface area contributed by atoms with Crippen molar-refractivity contribution < 1.29 is 68.4 Å². The number of nitrogens with zero attached hydrogens (tertiary/aromatic N) is 3. The van der Waals surface area contributed by atoms with Gasteiger partial charge in [0.2, 0.25) is 0 Å². The van der Waals surface area contributed by atoms with Gasteiger partial charge in [0, 0.05) is 77.4 Å². The fourth-order valence-corrected chi connectivity index (χ4v) is 15.0. The van der Waals surface area contributed by atoms with Crippen LogP contribution in [-0.4, -0.2) is 131 Å². The molecule has 2 amide bonds. The Labute approximate surface area is 523 Å². The molecule has 0 spiro atoms. The summed E-state index contributed by atoms with van der Waals surface area (Å²) in [5, 5.41) is -1.46. The maximum Gasteiger partial charge on any atom is 0.425 e. The number of benzene rings is 5. The molecule has 9 rings (SSSR count). The number of amides is 2. The van der Waals surface area contributed by atoms with E-state index in [0.717, 1.165) is 77.0 Å². The molecule has 0 bridgehead atoms. The van der Waals surface area contributed by atoms with E-state index >= 15 is 0 Å². The minimum atomic E-state index is -4.54. The highest BCUT2D eigenvalue weighted by Gasteiger charge is 2.39. The van der Waals surface area contributed by atoms with Gasteiger partial charge in [0.25, 0.3) is 21.9 Å². The quantitative estimate of drug-likeness (QED) is 0.0293. The molecule has 4 heterocycles. The molecule has 0 radical (unpaired) electrons. The van der Waals surface area contributed by atoms with E-state index in [1.807, 2.05) is 105 Å². The number of rotatable bonds is 27. The zero-order valence-corrected chi connectivity index (χ0v) is 55.0. The molecule has 87 heavy (non-hydrogen) atoms. The van der Waals surface area contributed by atoms with E-state index in [-0.39, 0.29) is 50.0 Å². The number of hydrogen-bond acceptors (Lipinski definition) is 17. The minimum absolute atomic E-state index is 0.000954. The summed E-state index contributed by atoms with van der Waals surface area (Å²) in [5.41, 5.74) is 11.0. The molecule has 4 aliphatic heterocycles. The predicted octanol–water partition coefficient (Wildman–Crippen LogP) is 11.5. The van der Waals surface area contributed by atoms with E-state index in [1.165, 1.54) is 21.9 Å². The van der Waals surface area contributed by atoms with Crippen LogP contribution >= 0.6 is 21.6 Å². The number of carbonyl (C=O) groups is 3. The third-order valence-electron chi connectivity index (χ3n) is 15.2. The van der Waals surface area contributed by atoms with E-state index in [4.69, 9.17) is 41.0 Å². The van der Waals surface area contributed by atoms with Gasteiger partial charge in [-0.25, -0.2) is 0 Å². The number of ketones is 1. The van der Waals surface area contributed by atoms with Gasteiger partial charge in [-0.05, 0) is 159 Å². The first-order chi connectivity index (χ1) is 41.8. The fourth-order valence-electron chi connectivity index (χ4n) is 11.3. The van der Waals surface area contributed by atoms with Crippen molar-refractivity contribution in [3.05, 3.63) is 141 Å². The van der Waals surface area contributed by atoms with Crippen LogP contribution in [0.2, 0.25) is 0 Å². The minimum Gasteiger partial charge on any atom is -0.493 e. The van der Waals surface area contributed by atoms with Gasteiger partial charge in [0.1, 0.15) is 24.2 Å². The second-order valence-corrected chi connectivity index (χ2v) is 26.7. The summed E-state index contributed by atoms with van der Waals surface area (Å²) in [6.07, 6.45) is 4.79. The molecule has 5 aromatic rings. The molecule has 1 N–H and O–H groups in total. The van der Waals surface area contributed by atoms with Crippen LogP contribution < -0.4 is 28.9 Å². The lowest BCUT2D eigenvalue weighted by atomic mass is 9.98. The predicted molar refractivity (Wildman–Crippen MR) is 345 cm³/mol. The van der Waals surface area contributed by atoms with Crippen LogP contribution in [0.1, 0.15) is 134 Å². The van der Waals surface area contributed by atoms with E-state index in [0.29, 0.717) is 86.7 Å². The number of para-hydroxylation sites is 2. The Morgan fingerprint density at radius 1 is 0.713 bits per heavy atom. The van der Waals surface area contributed by atoms with Crippen molar-refractivity contribution in [2.75, 3.05) is 80.8 Å². The highest BCUT2D eigenvalue weighted by molar-refractivity contribution is 8.77. The molecule has 22 heteroatoms. The Bertz CT molecular complexity index is 3370. The lowest BCUT2D eigenvalue weighted by molar-refractivity contribution is -0.118. The van der Waals surface area contributed by atoms with Crippen LogP contribution in [0.15, 0.2) is 91.0 Å². The molecule has 4 aliphatic rings. The SMILES string of the molecule is CC.CC.CCC(=O)C(CCSSC(C)(C)CN(CCOCCOCCOC)c1cc(COc2cc3c(cc2C)C(=O)N2c4ccccc4C[C@H]2CC3)cc(COc2cc3c(cc2OC)C(=O)N2c4ccccc4C[C@H]2CC3)c1)S(=O)(=O)O.O=S(=O)=O. The zero-order valence-electron chi connectivity index (χ0n) is 51.8. The number of carbonyl (C=O) groups excluding carboxylic acids is 3. The Balaban J connectivity index is 0.00000144. The van der Waals surface area contributed by atoms with Gasteiger partial charge in [0.15, 0.2) is 17.3 Å². The zero-order chi connectivity index (χ0) is 63.4. The summed E-state index contributed by atoms with van der Waals surface area (Å²) in [7, 11) is -1.38. The average molecular weight is 1280 g/mol. The van der Waals surface area contributed by atoms with Crippen molar-refractivity contribution in [1.29, 1.82) is 0 Å². The van der Waals surface area contributed by atoms with E-state index in [1.54, 1.807) is 31.9 Å². The summed E-state index contributed by atoms with van der Waals surface area (Å²) in [5.74, 6) is 1.51. The maximum absolute atomic E-state index is 14.3. The molecule has 474 valence electrons. The number of anilines is 3. The first kappa shape index (κ1) is 70.1. The van der Waals surface area contributed by atoms with Crippen molar-refractivity contribution in [1.82, 2.24) is 0 Å². The Hall–Kier alpha value is -5.98. The van der Waals surface area contributed by atoms with Crippen molar-refractivity contribution in [3.63, 3.8) is 0 Å². The van der Waals surface area contributed by atoms with Crippen LogP contribution in [0, 0.1) is 6.92 Å². The number of hydrogen-bond donors (Lipinski definition) is 1. The maximum atomic E-state index is 14.3. The molecule has 18 nitrogen and oxygen atoms in total. The van der Waals surface area contributed by atoms with Gasteiger partial charge < -0.3 is 43.1 Å². The summed E-state index contributed by atoms with van der Waals surface area (Å²) < 4.78 is 95.4. The Morgan fingerprint density at radius 2 is 1.22 bits per heavy atom. The van der Waals surface area contributed by atoms with Crippen LogP contribution in [0.5, 0.6) is 17.2 Å². The average Bonchev–Trinajstić information content (AvgIpc) is 1.69. The van der Waals surface area contributed by atoms with Crippen LogP contribution in [0.3, 0.4) is 0 Å². The second kappa shape index (κ2) is 33.6. The smallest absolute Gasteiger partial charge is 0.425 e. The van der Waals surface area contributed by atoms with Crippen molar-refractivity contribution in [3.8, 4) is 17.2 Å². The lowest BCUT2D eigenvalue weighted by Crippen LogP contribution is -2.38. The van der Waals surface area contributed by atoms with Gasteiger partial charge in [-0.2, -0.15) is 8.42 Å².